The number of imidazole rings is 1. The molecule has 1 fully saturated rings. The van der Waals surface area contributed by atoms with Crippen LogP contribution in [-0.2, 0) is 23.9 Å². The first-order chi connectivity index (χ1) is 18.7. The lowest BCUT2D eigenvalue weighted by atomic mass is 10.0. The molecule has 4 aromatic rings. The number of hydrogen-bond donors (Lipinski definition) is 1. The summed E-state index contributed by atoms with van der Waals surface area (Å²) in [4.78, 5) is 25.3. The highest BCUT2D eigenvalue weighted by molar-refractivity contribution is 5.92. The third-order valence-electron chi connectivity index (χ3n) is 6.46. The highest BCUT2D eigenvalue weighted by Gasteiger charge is 2.34. The molecule has 1 N–H and O–H groups in total. The van der Waals surface area contributed by atoms with E-state index in [1.165, 1.54) is 18.3 Å². The number of benzene rings is 1. The van der Waals surface area contributed by atoms with Gasteiger partial charge >= 0.3 is 6.18 Å². The van der Waals surface area contributed by atoms with Gasteiger partial charge in [-0.25, -0.2) is 9.50 Å². The fraction of sp³-hybridized carbons (Fsp3) is 0.286. The van der Waals surface area contributed by atoms with Crippen LogP contribution in [0.3, 0.4) is 0 Å². The van der Waals surface area contributed by atoms with Gasteiger partial charge in [0.05, 0.1) is 23.9 Å². The first kappa shape index (κ1) is 26.3. The van der Waals surface area contributed by atoms with Crippen LogP contribution in [-0.4, -0.2) is 68.5 Å². The number of nitrogens with one attached hydrogen (secondary N) is 1. The Morgan fingerprint density at radius 3 is 2.64 bits per heavy atom. The van der Waals surface area contributed by atoms with E-state index in [4.69, 9.17) is 0 Å². The molecule has 1 aromatic carbocycles. The Morgan fingerprint density at radius 1 is 1.03 bits per heavy atom. The molecule has 39 heavy (non-hydrogen) atoms. The summed E-state index contributed by atoms with van der Waals surface area (Å²) in [7, 11) is 2.00. The molecule has 200 valence electrons. The molecule has 0 spiro atoms. The van der Waals surface area contributed by atoms with Crippen LogP contribution in [0.25, 0.3) is 5.65 Å². The minimum absolute atomic E-state index is 0.0884. The zero-order valence-electron chi connectivity index (χ0n) is 21.2. The summed E-state index contributed by atoms with van der Waals surface area (Å²) >= 11 is 0. The Labute approximate surface area is 223 Å². The largest absolute Gasteiger partial charge is 0.416 e. The fourth-order valence-electron chi connectivity index (χ4n) is 4.38. The molecule has 0 atom stereocenters. The van der Waals surface area contributed by atoms with Crippen LogP contribution in [0.4, 0.5) is 18.9 Å². The van der Waals surface area contributed by atoms with E-state index in [1.54, 1.807) is 35.1 Å². The molecular weight excluding hydrogens is 507 g/mol. The first-order valence-corrected chi connectivity index (χ1v) is 12.4. The van der Waals surface area contributed by atoms with Crippen LogP contribution < -0.4 is 5.32 Å². The highest BCUT2D eigenvalue weighted by Crippen LogP contribution is 2.34. The van der Waals surface area contributed by atoms with Crippen LogP contribution in [0.1, 0.15) is 28.1 Å². The number of amides is 1. The van der Waals surface area contributed by atoms with Crippen molar-refractivity contribution < 1.29 is 18.0 Å². The van der Waals surface area contributed by atoms with Crippen LogP contribution in [0.5, 0.6) is 0 Å². The average molecular weight is 534 g/mol. The molecule has 1 saturated heterocycles. The van der Waals surface area contributed by atoms with E-state index in [-0.39, 0.29) is 24.2 Å². The summed E-state index contributed by atoms with van der Waals surface area (Å²) in [6, 6.07) is 10.9. The second-order valence-corrected chi connectivity index (χ2v) is 9.40. The van der Waals surface area contributed by atoms with Gasteiger partial charge in [-0.15, -0.1) is 0 Å². The number of carbonyl (C=O) groups is 1. The molecule has 0 aliphatic carbocycles. The maximum Gasteiger partial charge on any atom is 0.416 e. The molecule has 1 amide bonds. The van der Waals surface area contributed by atoms with E-state index in [2.05, 4.69) is 37.1 Å². The molecular formula is C28H26F3N7O. The number of hydrogen-bond acceptors (Lipinski definition) is 6. The minimum atomic E-state index is -4.53. The molecule has 1 aliphatic heterocycles. The van der Waals surface area contributed by atoms with Gasteiger partial charge in [-0.2, -0.15) is 18.3 Å². The molecule has 8 nitrogen and oxygen atoms in total. The number of anilines is 1. The summed E-state index contributed by atoms with van der Waals surface area (Å²) in [5, 5.41) is 6.80. The van der Waals surface area contributed by atoms with Crippen LogP contribution >= 0.6 is 0 Å². The number of alkyl halides is 3. The van der Waals surface area contributed by atoms with Gasteiger partial charge in [0.15, 0.2) is 5.65 Å². The number of nitrogens with zero attached hydrogens (tertiary/aromatic N) is 6. The number of rotatable bonds is 5. The number of likely N-dealkylation sites (N-methyl/N-ethyl adjacent to an activating group) is 1. The van der Waals surface area contributed by atoms with Crippen molar-refractivity contribution in [3.05, 3.63) is 89.1 Å². The Kier molecular flexibility index (Phi) is 7.58. The summed E-state index contributed by atoms with van der Waals surface area (Å²) < 4.78 is 43.2. The minimum Gasteiger partial charge on any atom is -0.326 e. The summed E-state index contributed by atoms with van der Waals surface area (Å²) in [5.41, 5.74) is 1.90. The number of fused-ring (bicyclic) bond motifs is 1. The standard InChI is InChI=1S/C28H26F3N7O/c1-36-11-13-37(14-12-36)19-21-5-6-22(16-25(21)28(29,30)31)35-27(39)17-23-15-20(8-10-32-23)4-7-24-18-33-26-3-2-9-34-38(24)26/h2-3,5-6,8-10,15-16,18H,11-14,17,19H2,1H3,(H,35,39). The smallest absolute Gasteiger partial charge is 0.326 e. The van der Waals surface area contributed by atoms with E-state index in [0.29, 0.717) is 35.7 Å². The monoisotopic (exact) mass is 533 g/mol. The lowest BCUT2D eigenvalue weighted by Gasteiger charge is -2.33. The molecule has 0 bridgehead atoms. The molecule has 5 rings (SSSR count). The third-order valence-corrected chi connectivity index (χ3v) is 6.46. The van der Waals surface area contributed by atoms with E-state index >= 15 is 0 Å². The van der Waals surface area contributed by atoms with E-state index in [0.717, 1.165) is 19.2 Å². The van der Waals surface area contributed by atoms with Gasteiger partial charge in [-0.3, -0.25) is 14.7 Å². The highest BCUT2D eigenvalue weighted by atomic mass is 19.4. The second kappa shape index (κ2) is 11.2. The molecule has 1 aliphatic rings. The third kappa shape index (κ3) is 6.60. The van der Waals surface area contributed by atoms with Gasteiger partial charge in [-0.1, -0.05) is 12.0 Å². The van der Waals surface area contributed by atoms with Gasteiger partial charge in [0.2, 0.25) is 5.91 Å². The topological polar surface area (TPSA) is 78.7 Å². The van der Waals surface area contributed by atoms with Crippen LogP contribution in [0.2, 0.25) is 0 Å². The number of piperazine rings is 1. The predicted octanol–water partition coefficient (Wildman–Crippen LogP) is 3.47. The SMILES string of the molecule is CN1CCN(Cc2ccc(NC(=O)Cc3cc(C#Cc4cnc5cccnn45)ccn3)cc2C(F)(F)F)CC1. The molecule has 4 heterocycles. The van der Waals surface area contributed by atoms with Crippen molar-refractivity contribution in [1.29, 1.82) is 0 Å². The van der Waals surface area contributed by atoms with E-state index in [9.17, 15) is 18.0 Å². The lowest BCUT2D eigenvalue weighted by Crippen LogP contribution is -2.44. The molecule has 0 saturated carbocycles. The van der Waals surface area contributed by atoms with E-state index < -0.39 is 17.6 Å². The maximum atomic E-state index is 13.9. The molecule has 11 heteroatoms. The number of pyridine rings is 1. The number of carbonyl (C=O) groups excluding carboxylic acids is 1. The fourth-order valence-corrected chi connectivity index (χ4v) is 4.38. The molecule has 0 radical (unpaired) electrons. The van der Waals surface area contributed by atoms with Gasteiger partial charge in [0.25, 0.3) is 0 Å². The summed E-state index contributed by atoms with van der Waals surface area (Å²) in [5.74, 6) is 5.55. The average Bonchev–Trinajstić information content (AvgIpc) is 3.32. The van der Waals surface area contributed by atoms with Crippen molar-refractivity contribution in [1.82, 2.24) is 29.4 Å². The van der Waals surface area contributed by atoms with Crippen molar-refractivity contribution in [3.8, 4) is 11.8 Å². The molecule has 0 unspecified atom stereocenters. The Hall–Kier alpha value is -4.27. The van der Waals surface area contributed by atoms with Crippen molar-refractivity contribution in [2.24, 2.45) is 0 Å². The zero-order chi connectivity index (χ0) is 27.4. The molecule has 3 aromatic heterocycles. The van der Waals surface area contributed by atoms with Crippen molar-refractivity contribution >= 4 is 17.2 Å². The Balaban J connectivity index is 1.26. The van der Waals surface area contributed by atoms with Crippen LogP contribution in [0, 0.1) is 11.8 Å². The lowest BCUT2D eigenvalue weighted by molar-refractivity contribution is -0.138. The maximum absolute atomic E-state index is 13.9. The normalized spacial score (nSPS) is 14.7. The van der Waals surface area contributed by atoms with Crippen molar-refractivity contribution in [3.63, 3.8) is 0 Å². The van der Waals surface area contributed by atoms with Gasteiger partial charge in [0, 0.05) is 56.4 Å². The van der Waals surface area contributed by atoms with Crippen LogP contribution in [0.15, 0.2) is 61.1 Å². The zero-order valence-corrected chi connectivity index (χ0v) is 21.2. The summed E-state index contributed by atoms with van der Waals surface area (Å²) in [6.07, 6.45) is 0.150. The van der Waals surface area contributed by atoms with Crippen molar-refractivity contribution in [2.75, 3.05) is 38.5 Å². The van der Waals surface area contributed by atoms with Crippen molar-refractivity contribution in [2.45, 2.75) is 19.1 Å². The number of halogens is 3. The predicted molar refractivity (Wildman–Crippen MR) is 140 cm³/mol. The van der Waals surface area contributed by atoms with Gasteiger partial charge < -0.3 is 10.2 Å². The second-order valence-electron chi connectivity index (χ2n) is 9.40. The van der Waals surface area contributed by atoms with Gasteiger partial charge in [0.1, 0.15) is 5.69 Å². The Morgan fingerprint density at radius 2 is 1.85 bits per heavy atom. The summed E-state index contributed by atoms with van der Waals surface area (Å²) in [6.45, 7) is 3.25. The first-order valence-electron chi connectivity index (χ1n) is 12.4. The Bertz CT molecular complexity index is 1550. The van der Waals surface area contributed by atoms with E-state index in [1.807, 2.05) is 18.0 Å². The quantitative estimate of drug-likeness (QED) is 0.396. The van der Waals surface area contributed by atoms with Gasteiger partial charge in [-0.05, 0) is 54.9 Å². The number of aromatic nitrogens is 4.